The standard InChI is InChI=1S/C25H25FN2O2S/c1-27(17-18-7-9-20(26)10-8-18)23(29)11-12-24(30)28-15-13-22-21(14-16-31-22)25(28)19-5-3-2-4-6-19/h2-10,14,16,25H,11-13,15,17H2,1H3. The fourth-order valence-electron chi connectivity index (χ4n) is 4.08. The van der Waals surface area contributed by atoms with E-state index in [9.17, 15) is 14.0 Å². The number of hydrogen-bond donors (Lipinski definition) is 0. The van der Waals surface area contributed by atoms with E-state index in [2.05, 4.69) is 23.6 Å². The number of carbonyl (C=O) groups excluding carboxylic acids is 2. The minimum absolute atomic E-state index is 0.00534. The highest BCUT2D eigenvalue weighted by atomic mass is 32.1. The topological polar surface area (TPSA) is 40.6 Å². The van der Waals surface area contributed by atoms with Crippen LogP contribution in [0.1, 0.15) is 40.5 Å². The van der Waals surface area contributed by atoms with Crippen molar-refractivity contribution in [3.8, 4) is 0 Å². The lowest BCUT2D eigenvalue weighted by Gasteiger charge is -2.36. The summed E-state index contributed by atoms with van der Waals surface area (Å²) in [5.74, 6) is -0.400. The molecule has 0 saturated carbocycles. The van der Waals surface area contributed by atoms with Crippen molar-refractivity contribution in [2.45, 2.75) is 31.8 Å². The van der Waals surface area contributed by atoms with Crippen molar-refractivity contribution in [1.82, 2.24) is 9.80 Å². The maximum absolute atomic E-state index is 13.2. The Morgan fingerprint density at radius 1 is 1.06 bits per heavy atom. The molecule has 4 nitrogen and oxygen atoms in total. The first-order chi connectivity index (χ1) is 15.0. The van der Waals surface area contributed by atoms with Crippen LogP contribution in [0.4, 0.5) is 4.39 Å². The molecule has 0 saturated heterocycles. The number of amides is 2. The Kier molecular flexibility index (Phi) is 6.47. The van der Waals surface area contributed by atoms with E-state index in [0.717, 1.165) is 17.5 Å². The molecule has 1 atom stereocenters. The maximum Gasteiger partial charge on any atom is 0.223 e. The third kappa shape index (κ3) is 4.85. The van der Waals surface area contributed by atoms with Gasteiger partial charge in [-0.3, -0.25) is 9.59 Å². The molecule has 0 spiro atoms. The predicted molar refractivity (Wildman–Crippen MR) is 120 cm³/mol. The Bertz CT molecular complexity index is 1050. The molecule has 4 rings (SSSR count). The smallest absolute Gasteiger partial charge is 0.223 e. The van der Waals surface area contributed by atoms with Crippen molar-refractivity contribution in [2.75, 3.05) is 13.6 Å². The second kappa shape index (κ2) is 9.43. The fourth-order valence-corrected chi connectivity index (χ4v) is 4.98. The number of fused-ring (bicyclic) bond motifs is 1. The molecular formula is C25H25FN2O2S. The highest BCUT2D eigenvalue weighted by Crippen LogP contribution is 2.38. The number of halogens is 1. The van der Waals surface area contributed by atoms with Crippen LogP contribution in [0, 0.1) is 5.82 Å². The molecule has 1 aromatic heterocycles. The fraction of sp³-hybridized carbons (Fsp3) is 0.280. The van der Waals surface area contributed by atoms with Crippen LogP contribution < -0.4 is 0 Å². The number of benzene rings is 2. The Hall–Kier alpha value is -2.99. The molecule has 3 aromatic rings. The van der Waals surface area contributed by atoms with Crippen molar-refractivity contribution in [1.29, 1.82) is 0 Å². The summed E-state index contributed by atoms with van der Waals surface area (Å²) in [5.41, 5.74) is 3.14. The molecule has 160 valence electrons. The summed E-state index contributed by atoms with van der Waals surface area (Å²) in [6.45, 7) is 1.05. The lowest BCUT2D eigenvalue weighted by molar-refractivity contribution is -0.137. The van der Waals surface area contributed by atoms with E-state index in [1.165, 1.54) is 22.6 Å². The van der Waals surface area contributed by atoms with Crippen molar-refractivity contribution >= 4 is 23.2 Å². The van der Waals surface area contributed by atoms with Crippen LogP contribution >= 0.6 is 11.3 Å². The molecule has 0 N–H and O–H groups in total. The average Bonchev–Trinajstić information content (AvgIpc) is 3.27. The average molecular weight is 437 g/mol. The van der Waals surface area contributed by atoms with Crippen LogP contribution in [-0.4, -0.2) is 35.2 Å². The Labute approximate surface area is 185 Å². The van der Waals surface area contributed by atoms with Gasteiger partial charge in [0.2, 0.25) is 11.8 Å². The van der Waals surface area contributed by atoms with Gasteiger partial charge in [-0.25, -0.2) is 4.39 Å². The molecule has 2 amide bonds. The predicted octanol–water partition coefficient (Wildman–Crippen LogP) is 4.80. The molecule has 31 heavy (non-hydrogen) atoms. The third-order valence-corrected chi connectivity index (χ3v) is 6.71. The highest BCUT2D eigenvalue weighted by molar-refractivity contribution is 7.10. The third-order valence-electron chi connectivity index (χ3n) is 5.71. The van der Waals surface area contributed by atoms with Gasteiger partial charge in [0.25, 0.3) is 0 Å². The molecule has 1 unspecified atom stereocenters. The van der Waals surface area contributed by atoms with Gasteiger partial charge >= 0.3 is 0 Å². The maximum atomic E-state index is 13.2. The van der Waals surface area contributed by atoms with Crippen LogP contribution in [0.25, 0.3) is 0 Å². The van der Waals surface area contributed by atoms with Gasteiger partial charge in [0.1, 0.15) is 5.82 Å². The zero-order valence-electron chi connectivity index (χ0n) is 17.5. The Morgan fingerprint density at radius 2 is 1.81 bits per heavy atom. The van der Waals surface area contributed by atoms with Gasteiger partial charge in [0, 0.05) is 37.9 Å². The molecule has 1 aliphatic heterocycles. The normalized spacial score (nSPS) is 15.4. The number of rotatable bonds is 6. The van der Waals surface area contributed by atoms with Crippen molar-refractivity contribution < 1.29 is 14.0 Å². The largest absolute Gasteiger partial charge is 0.341 e. The van der Waals surface area contributed by atoms with Gasteiger partial charge < -0.3 is 9.80 Å². The summed E-state index contributed by atoms with van der Waals surface area (Å²) in [7, 11) is 1.71. The molecule has 0 radical (unpaired) electrons. The number of carbonyl (C=O) groups is 2. The van der Waals surface area contributed by atoms with Crippen LogP contribution in [0.2, 0.25) is 0 Å². The molecule has 2 aromatic carbocycles. The van der Waals surface area contributed by atoms with E-state index in [1.54, 1.807) is 35.4 Å². The molecule has 0 bridgehead atoms. The lowest BCUT2D eigenvalue weighted by atomic mass is 9.93. The molecule has 2 heterocycles. The van der Waals surface area contributed by atoms with Gasteiger partial charge in [-0.2, -0.15) is 0 Å². The quantitative estimate of drug-likeness (QED) is 0.557. The second-order valence-electron chi connectivity index (χ2n) is 7.83. The minimum atomic E-state index is -0.299. The van der Waals surface area contributed by atoms with Crippen LogP contribution in [0.3, 0.4) is 0 Å². The molecule has 6 heteroatoms. The lowest BCUT2D eigenvalue weighted by Crippen LogP contribution is -2.40. The van der Waals surface area contributed by atoms with Crippen LogP contribution in [0.5, 0.6) is 0 Å². The van der Waals surface area contributed by atoms with Gasteiger partial charge in [-0.1, -0.05) is 42.5 Å². The number of thiophene rings is 1. The first kappa shape index (κ1) is 21.2. The van der Waals surface area contributed by atoms with Gasteiger partial charge in [0.05, 0.1) is 6.04 Å². The Balaban J connectivity index is 1.41. The highest BCUT2D eigenvalue weighted by Gasteiger charge is 2.32. The van der Waals surface area contributed by atoms with Crippen molar-refractivity contribution in [3.05, 3.63) is 93.4 Å². The van der Waals surface area contributed by atoms with Crippen LogP contribution in [-0.2, 0) is 22.6 Å². The first-order valence-corrected chi connectivity index (χ1v) is 11.3. The van der Waals surface area contributed by atoms with E-state index < -0.39 is 0 Å². The van der Waals surface area contributed by atoms with E-state index in [4.69, 9.17) is 0 Å². The summed E-state index contributed by atoms with van der Waals surface area (Å²) in [6.07, 6.45) is 1.18. The zero-order chi connectivity index (χ0) is 21.8. The monoisotopic (exact) mass is 436 g/mol. The summed E-state index contributed by atoms with van der Waals surface area (Å²) in [5, 5.41) is 2.09. The molecule has 0 fully saturated rings. The SMILES string of the molecule is CN(Cc1ccc(F)cc1)C(=O)CCC(=O)N1CCc2sccc2C1c1ccccc1. The number of hydrogen-bond acceptors (Lipinski definition) is 3. The summed E-state index contributed by atoms with van der Waals surface area (Å²) in [6, 6.07) is 18.2. The second-order valence-corrected chi connectivity index (χ2v) is 8.83. The first-order valence-electron chi connectivity index (χ1n) is 10.4. The minimum Gasteiger partial charge on any atom is -0.341 e. The summed E-state index contributed by atoms with van der Waals surface area (Å²) >= 11 is 1.74. The molecule has 1 aliphatic rings. The Morgan fingerprint density at radius 3 is 2.55 bits per heavy atom. The van der Waals surface area contributed by atoms with Gasteiger partial charge in [0.15, 0.2) is 0 Å². The van der Waals surface area contributed by atoms with Crippen molar-refractivity contribution in [2.24, 2.45) is 0 Å². The van der Waals surface area contributed by atoms with E-state index >= 15 is 0 Å². The summed E-state index contributed by atoms with van der Waals surface area (Å²) < 4.78 is 13.1. The molecule has 0 aliphatic carbocycles. The van der Waals surface area contributed by atoms with E-state index in [0.29, 0.717) is 13.1 Å². The van der Waals surface area contributed by atoms with Gasteiger partial charge in [-0.15, -0.1) is 11.3 Å². The zero-order valence-corrected chi connectivity index (χ0v) is 18.3. The summed E-state index contributed by atoms with van der Waals surface area (Å²) in [4.78, 5) is 30.6. The van der Waals surface area contributed by atoms with E-state index in [1.807, 2.05) is 23.1 Å². The molecular weight excluding hydrogens is 411 g/mol. The number of nitrogens with zero attached hydrogens (tertiary/aromatic N) is 2. The van der Waals surface area contributed by atoms with Crippen molar-refractivity contribution in [3.63, 3.8) is 0 Å². The van der Waals surface area contributed by atoms with E-state index in [-0.39, 0.29) is 36.5 Å². The van der Waals surface area contributed by atoms with Crippen LogP contribution in [0.15, 0.2) is 66.0 Å². The van der Waals surface area contributed by atoms with Gasteiger partial charge in [-0.05, 0) is 46.7 Å².